The average Bonchev–Trinajstić information content (AvgIpc) is 2.64. The number of nitrogens with zero attached hydrogens (tertiary/aromatic N) is 1. The van der Waals surface area contributed by atoms with Crippen LogP contribution in [0, 0.1) is 6.92 Å². The summed E-state index contributed by atoms with van der Waals surface area (Å²) < 4.78 is 0. The van der Waals surface area contributed by atoms with Crippen LogP contribution in [0.4, 0.5) is 0 Å². The van der Waals surface area contributed by atoms with Crippen molar-refractivity contribution in [3.05, 3.63) is 35.4 Å². The van der Waals surface area contributed by atoms with Crippen molar-refractivity contribution in [2.24, 2.45) is 0 Å². The molecule has 0 aromatic heterocycles. The van der Waals surface area contributed by atoms with Crippen LogP contribution in [-0.2, 0) is 9.59 Å². The number of amides is 1. The summed E-state index contributed by atoms with van der Waals surface area (Å²) in [6.07, 6.45) is -0.0125. The van der Waals surface area contributed by atoms with Gasteiger partial charge in [0.05, 0.1) is 11.7 Å². The monoisotopic (exact) mass is 279 g/mol. The summed E-state index contributed by atoms with van der Waals surface area (Å²) in [5.41, 5.74) is 2.22. The molecule has 1 saturated heterocycles. The molecule has 4 nitrogen and oxygen atoms in total. The molecule has 5 heteroatoms. The Kier molecular flexibility index (Phi) is 4.14. The quantitative estimate of drug-likeness (QED) is 0.919. The van der Waals surface area contributed by atoms with Crippen molar-refractivity contribution in [3.63, 3.8) is 0 Å². The lowest BCUT2D eigenvalue weighted by Gasteiger charge is -2.24. The highest BCUT2D eigenvalue weighted by molar-refractivity contribution is 8.01. The molecule has 0 spiro atoms. The third kappa shape index (κ3) is 2.92. The first-order chi connectivity index (χ1) is 9.00. The van der Waals surface area contributed by atoms with Crippen molar-refractivity contribution >= 4 is 23.6 Å². The summed E-state index contributed by atoms with van der Waals surface area (Å²) in [6, 6.07) is 7.93. The number of hydrogen-bond donors (Lipinski definition) is 1. The van der Waals surface area contributed by atoms with E-state index in [-0.39, 0.29) is 29.5 Å². The van der Waals surface area contributed by atoms with Gasteiger partial charge in [-0.1, -0.05) is 24.3 Å². The molecule has 0 radical (unpaired) electrons. The normalized spacial score (nSPS) is 22.8. The Bertz CT molecular complexity index is 503. The second-order valence-electron chi connectivity index (χ2n) is 4.66. The van der Waals surface area contributed by atoms with Crippen LogP contribution in [0.1, 0.15) is 29.8 Å². The molecule has 1 amide bonds. The minimum atomic E-state index is -0.874. The highest BCUT2D eigenvalue weighted by atomic mass is 32.2. The van der Waals surface area contributed by atoms with Gasteiger partial charge in [-0.05, 0) is 25.0 Å². The van der Waals surface area contributed by atoms with E-state index in [1.54, 1.807) is 16.7 Å². The second kappa shape index (κ2) is 5.65. The molecule has 1 aromatic carbocycles. The molecule has 19 heavy (non-hydrogen) atoms. The number of benzene rings is 1. The molecule has 0 saturated carbocycles. The minimum absolute atomic E-state index is 0.0125. The SMILES string of the molecule is Cc1ccccc1[C@@H]1S[C@@H](C)C(=O)N1CCC(=O)O. The molecule has 2 atom stereocenters. The number of thioether (sulfide) groups is 1. The minimum Gasteiger partial charge on any atom is -0.481 e. The van der Waals surface area contributed by atoms with Crippen molar-refractivity contribution < 1.29 is 14.7 Å². The zero-order valence-electron chi connectivity index (χ0n) is 11.0. The molecule has 1 aliphatic heterocycles. The summed E-state index contributed by atoms with van der Waals surface area (Å²) in [7, 11) is 0. The topological polar surface area (TPSA) is 57.6 Å². The van der Waals surface area contributed by atoms with Crippen molar-refractivity contribution in [1.29, 1.82) is 0 Å². The molecule has 0 aliphatic carbocycles. The predicted octanol–water partition coefficient (Wildman–Crippen LogP) is 2.43. The number of aryl methyl sites for hydroxylation is 1. The molecule has 1 aliphatic rings. The van der Waals surface area contributed by atoms with Gasteiger partial charge < -0.3 is 10.0 Å². The van der Waals surface area contributed by atoms with Crippen molar-refractivity contribution in [1.82, 2.24) is 4.90 Å². The Hall–Kier alpha value is -1.49. The van der Waals surface area contributed by atoms with E-state index in [0.29, 0.717) is 0 Å². The maximum Gasteiger partial charge on any atom is 0.305 e. The van der Waals surface area contributed by atoms with E-state index < -0.39 is 5.97 Å². The van der Waals surface area contributed by atoms with Gasteiger partial charge in [-0.2, -0.15) is 0 Å². The molecular formula is C14H17NO3S. The highest BCUT2D eigenvalue weighted by Gasteiger charge is 2.38. The average molecular weight is 279 g/mol. The summed E-state index contributed by atoms with van der Waals surface area (Å²) >= 11 is 1.58. The van der Waals surface area contributed by atoms with Crippen LogP contribution in [0.5, 0.6) is 0 Å². The van der Waals surface area contributed by atoms with Crippen LogP contribution in [0.15, 0.2) is 24.3 Å². The molecule has 1 fully saturated rings. The lowest BCUT2D eigenvalue weighted by molar-refractivity contribution is -0.138. The summed E-state index contributed by atoms with van der Waals surface area (Å²) in [6.45, 7) is 4.16. The Balaban J connectivity index is 2.25. The molecule has 2 rings (SSSR count). The number of carbonyl (C=O) groups is 2. The third-order valence-electron chi connectivity index (χ3n) is 3.27. The maximum absolute atomic E-state index is 12.1. The Morgan fingerprint density at radius 1 is 1.42 bits per heavy atom. The fourth-order valence-corrected chi connectivity index (χ4v) is 3.63. The third-order valence-corrected chi connectivity index (χ3v) is 4.64. The predicted molar refractivity (Wildman–Crippen MR) is 74.9 cm³/mol. The van der Waals surface area contributed by atoms with Crippen LogP contribution in [-0.4, -0.2) is 33.7 Å². The van der Waals surface area contributed by atoms with E-state index in [4.69, 9.17) is 5.11 Å². The van der Waals surface area contributed by atoms with E-state index in [1.807, 2.05) is 38.1 Å². The maximum atomic E-state index is 12.1. The smallest absolute Gasteiger partial charge is 0.305 e. The largest absolute Gasteiger partial charge is 0.481 e. The van der Waals surface area contributed by atoms with E-state index >= 15 is 0 Å². The van der Waals surface area contributed by atoms with Crippen LogP contribution in [0.25, 0.3) is 0 Å². The first-order valence-electron chi connectivity index (χ1n) is 6.24. The van der Waals surface area contributed by atoms with Gasteiger partial charge in [-0.15, -0.1) is 11.8 Å². The number of carbonyl (C=O) groups excluding carboxylic acids is 1. The van der Waals surface area contributed by atoms with Gasteiger partial charge in [0.2, 0.25) is 5.91 Å². The van der Waals surface area contributed by atoms with Gasteiger partial charge in [-0.3, -0.25) is 9.59 Å². The van der Waals surface area contributed by atoms with Crippen molar-refractivity contribution in [2.75, 3.05) is 6.54 Å². The van der Waals surface area contributed by atoms with Crippen molar-refractivity contribution in [3.8, 4) is 0 Å². The molecule has 0 bridgehead atoms. The van der Waals surface area contributed by atoms with Crippen LogP contribution in [0.2, 0.25) is 0 Å². The van der Waals surface area contributed by atoms with Gasteiger partial charge in [0, 0.05) is 6.54 Å². The number of aliphatic carboxylic acids is 1. The van der Waals surface area contributed by atoms with Gasteiger partial charge in [-0.25, -0.2) is 0 Å². The first kappa shape index (κ1) is 13.9. The van der Waals surface area contributed by atoms with Crippen LogP contribution >= 0.6 is 11.8 Å². The summed E-state index contributed by atoms with van der Waals surface area (Å²) in [5.74, 6) is -0.847. The second-order valence-corrected chi connectivity index (χ2v) is 6.09. The van der Waals surface area contributed by atoms with E-state index in [2.05, 4.69) is 0 Å². The van der Waals surface area contributed by atoms with Crippen LogP contribution < -0.4 is 0 Å². The van der Waals surface area contributed by atoms with Gasteiger partial charge in [0.1, 0.15) is 5.37 Å². The number of carboxylic acids is 1. The molecule has 1 heterocycles. The summed E-state index contributed by atoms with van der Waals surface area (Å²) in [4.78, 5) is 24.5. The number of carboxylic acid groups (broad SMARTS) is 1. The van der Waals surface area contributed by atoms with E-state index in [1.165, 1.54) is 0 Å². The fraction of sp³-hybridized carbons (Fsp3) is 0.429. The molecule has 0 unspecified atom stereocenters. The van der Waals surface area contributed by atoms with E-state index in [9.17, 15) is 9.59 Å². The Labute approximate surface area is 116 Å². The molecule has 1 N–H and O–H groups in total. The lowest BCUT2D eigenvalue weighted by Crippen LogP contribution is -2.32. The zero-order chi connectivity index (χ0) is 14.0. The molecule has 102 valence electrons. The Morgan fingerprint density at radius 2 is 2.11 bits per heavy atom. The lowest BCUT2D eigenvalue weighted by atomic mass is 10.1. The van der Waals surface area contributed by atoms with Crippen LogP contribution in [0.3, 0.4) is 0 Å². The van der Waals surface area contributed by atoms with Gasteiger partial charge in [0.25, 0.3) is 0 Å². The van der Waals surface area contributed by atoms with Crippen molar-refractivity contribution in [2.45, 2.75) is 30.9 Å². The van der Waals surface area contributed by atoms with E-state index in [0.717, 1.165) is 11.1 Å². The molecular weight excluding hydrogens is 262 g/mol. The highest BCUT2D eigenvalue weighted by Crippen LogP contribution is 2.43. The standard InChI is InChI=1S/C14H17NO3S/c1-9-5-3-4-6-11(9)14-15(8-7-12(16)17)13(18)10(2)19-14/h3-6,10,14H,7-8H2,1-2H3,(H,16,17)/t10-,14-/m0/s1. The zero-order valence-corrected chi connectivity index (χ0v) is 11.8. The Morgan fingerprint density at radius 3 is 2.74 bits per heavy atom. The molecule has 1 aromatic rings. The fourth-order valence-electron chi connectivity index (χ4n) is 2.22. The number of hydrogen-bond acceptors (Lipinski definition) is 3. The summed E-state index contributed by atoms with van der Waals surface area (Å²) in [5, 5.41) is 8.61. The van der Waals surface area contributed by atoms with Gasteiger partial charge in [0.15, 0.2) is 0 Å². The number of rotatable bonds is 4. The first-order valence-corrected chi connectivity index (χ1v) is 7.18. The van der Waals surface area contributed by atoms with Gasteiger partial charge >= 0.3 is 5.97 Å².